The van der Waals surface area contributed by atoms with Crippen molar-refractivity contribution in [2.75, 3.05) is 43.9 Å². The number of piperazine rings is 1. The van der Waals surface area contributed by atoms with Crippen molar-refractivity contribution in [1.82, 2.24) is 15.2 Å². The molecule has 3 aromatic rings. The van der Waals surface area contributed by atoms with Crippen molar-refractivity contribution >= 4 is 17.4 Å². The molecular formula is C24H24FN5O. The van der Waals surface area contributed by atoms with E-state index in [9.17, 15) is 9.18 Å². The lowest BCUT2D eigenvalue weighted by molar-refractivity contribution is 0.0966. The second-order valence-electron chi connectivity index (χ2n) is 8.15. The summed E-state index contributed by atoms with van der Waals surface area (Å²) in [7, 11) is 2.13. The van der Waals surface area contributed by atoms with Crippen molar-refractivity contribution in [1.29, 1.82) is 0 Å². The fraction of sp³-hybridized carbons (Fsp3) is 0.250. The van der Waals surface area contributed by atoms with Crippen LogP contribution < -0.4 is 16.0 Å². The van der Waals surface area contributed by atoms with Gasteiger partial charge in [0, 0.05) is 55.1 Å². The number of amides is 1. The van der Waals surface area contributed by atoms with Crippen LogP contribution in [0.15, 0.2) is 48.5 Å². The molecule has 2 aliphatic heterocycles. The van der Waals surface area contributed by atoms with Crippen LogP contribution in [0, 0.1) is 5.95 Å². The van der Waals surface area contributed by atoms with Crippen molar-refractivity contribution in [2.45, 2.75) is 6.54 Å². The summed E-state index contributed by atoms with van der Waals surface area (Å²) < 4.78 is 14.7. The third-order valence-corrected chi connectivity index (χ3v) is 6.15. The fourth-order valence-electron chi connectivity index (χ4n) is 4.25. The van der Waals surface area contributed by atoms with Crippen molar-refractivity contribution in [3.8, 4) is 22.3 Å². The molecule has 31 heavy (non-hydrogen) atoms. The Bertz CT molecular complexity index is 1150. The molecule has 0 aliphatic carbocycles. The predicted octanol–water partition coefficient (Wildman–Crippen LogP) is 3.13. The largest absolute Gasteiger partial charge is 0.383 e. The van der Waals surface area contributed by atoms with Gasteiger partial charge in [0.05, 0.1) is 0 Å². The zero-order valence-electron chi connectivity index (χ0n) is 17.4. The van der Waals surface area contributed by atoms with Crippen molar-refractivity contribution in [2.24, 2.45) is 0 Å². The van der Waals surface area contributed by atoms with Crippen LogP contribution in [0.25, 0.3) is 22.3 Å². The number of anilines is 2. The van der Waals surface area contributed by atoms with E-state index in [2.05, 4.69) is 27.1 Å². The number of benzene rings is 2. The number of likely N-dealkylation sites (N-methyl/N-ethyl adjacent to an activating group) is 1. The Balaban J connectivity index is 1.47. The van der Waals surface area contributed by atoms with E-state index in [0.717, 1.165) is 48.6 Å². The van der Waals surface area contributed by atoms with E-state index in [1.807, 2.05) is 36.4 Å². The maximum Gasteiger partial charge on any atom is 0.251 e. The monoisotopic (exact) mass is 417 g/mol. The molecule has 3 N–H and O–H groups in total. The molecule has 5 rings (SSSR count). The third-order valence-electron chi connectivity index (χ3n) is 6.15. The number of rotatable bonds is 3. The number of carbonyl (C=O) groups is 1. The smallest absolute Gasteiger partial charge is 0.251 e. The number of hydrogen-bond acceptors (Lipinski definition) is 5. The van der Waals surface area contributed by atoms with Crippen LogP contribution in [0.2, 0.25) is 0 Å². The zero-order valence-corrected chi connectivity index (χ0v) is 17.4. The van der Waals surface area contributed by atoms with Crippen LogP contribution in [0.4, 0.5) is 15.9 Å². The second kappa shape index (κ2) is 7.67. The topological polar surface area (TPSA) is 74.5 Å². The summed E-state index contributed by atoms with van der Waals surface area (Å²) in [4.78, 5) is 20.4. The van der Waals surface area contributed by atoms with Gasteiger partial charge in [0.25, 0.3) is 5.91 Å². The number of carbonyl (C=O) groups excluding carboxylic acids is 1. The number of aromatic nitrogens is 1. The number of nitrogens with two attached hydrogens (primary N) is 1. The molecule has 158 valence electrons. The Morgan fingerprint density at radius 3 is 2.39 bits per heavy atom. The van der Waals surface area contributed by atoms with E-state index in [1.165, 1.54) is 0 Å². The van der Waals surface area contributed by atoms with Crippen LogP contribution in [0.1, 0.15) is 15.9 Å². The number of nitrogens with zero attached hydrogens (tertiary/aromatic N) is 3. The van der Waals surface area contributed by atoms with Gasteiger partial charge >= 0.3 is 0 Å². The summed E-state index contributed by atoms with van der Waals surface area (Å²) >= 11 is 0. The standard InChI is InChI=1S/C24H24FN5O/c1-29-8-10-30(11-9-29)18-5-2-15(3-6-18)20-13-21(23(26)28-22(20)25)16-4-7-19-17(12-16)14-27-24(19)31/h2-7,12-13H,8-11,14H2,1H3,(H2,26,28)(H,27,31). The number of halogens is 1. The van der Waals surface area contributed by atoms with Gasteiger partial charge in [-0.3, -0.25) is 4.79 Å². The average Bonchev–Trinajstić information content (AvgIpc) is 3.15. The molecule has 0 saturated carbocycles. The van der Waals surface area contributed by atoms with Crippen molar-refractivity contribution in [3.05, 3.63) is 65.6 Å². The number of nitrogen functional groups attached to an aromatic ring is 1. The lowest BCUT2D eigenvalue weighted by Gasteiger charge is -2.34. The van der Waals surface area contributed by atoms with Crippen LogP contribution in [-0.2, 0) is 6.54 Å². The fourth-order valence-corrected chi connectivity index (χ4v) is 4.25. The van der Waals surface area contributed by atoms with E-state index in [4.69, 9.17) is 5.73 Å². The molecule has 0 spiro atoms. The zero-order chi connectivity index (χ0) is 21.5. The van der Waals surface area contributed by atoms with E-state index in [-0.39, 0.29) is 11.7 Å². The summed E-state index contributed by atoms with van der Waals surface area (Å²) in [6.45, 7) is 4.51. The molecule has 2 aliphatic rings. The molecule has 1 amide bonds. The maximum absolute atomic E-state index is 14.7. The first-order valence-corrected chi connectivity index (χ1v) is 10.4. The second-order valence-corrected chi connectivity index (χ2v) is 8.15. The van der Waals surface area contributed by atoms with Gasteiger partial charge in [-0.05, 0) is 54.1 Å². The minimum atomic E-state index is -0.591. The van der Waals surface area contributed by atoms with Gasteiger partial charge in [0.2, 0.25) is 5.95 Å². The van der Waals surface area contributed by atoms with Gasteiger partial charge in [0.1, 0.15) is 5.82 Å². The molecule has 0 radical (unpaired) electrons. The molecule has 0 atom stereocenters. The van der Waals surface area contributed by atoms with Crippen molar-refractivity contribution < 1.29 is 9.18 Å². The summed E-state index contributed by atoms with van der Waals surface area (Å²) in [5.41, 5.74) is 11.4. The Morgan fingerprint density at radius 2 is 1.65 bits per heavy atom. The lowest BCUT2D eigenvalue weighted by Crippen LogP contribution is -2.44. The minimum Gasteiger partial charge on any atom is -0.383 e. The highest BCUT2D eigenvalue weighted by molar-refractivity contribution is 5.99. The number of pyridine rings is 1. The van der Waals surface area contributed by atoms with Gasteiger partial charge in [-0.15, -0.1) is 0 Å². The van der Waals surface area contributed by atoms with Crippen LogP contribution in [0.3, 0.4) is 0 Å². The molecule has 2 aromatic carbocycles. The molecule has 7 heteroatoms. The van der Waals surface area contributed by atoms with Crippen LogP contribution >= 0.6 is 0 Å². The van der Waals surface area contributed by atoms with Crippen molar-refractivity contribution in [3.63, 3.8) is 0 Å². The Hall–Kier alpha value is -3.45. The van der Waals surface area contributed by atoms with Crippen LogP contribution in [-0.4, -0.2) is 49.0 Å². The quantitative estimate of drug-likeness (QED) is 0.641. The first-order chi connectivity index (χ1) is 15.0. The summed E-state index contributed by atoms with van der Waals surface area (Å²) in [6.07, 6.45) is 0. The summed E-state index contributed by atoms with van der Waals surface area (Å²) in [5, 5.41) is 2.81. The molecule has 0 unspecified atom stereocenters. The Kier molecular flexibility index (Phi) is 4.82. The highest BCUT2D eigenvalue weighted by Crippen LogP contribution is 2.34. The lowest BCUT2D eigenvalue weighted by atomic mass is 9.97. The van der Waals surface area contributed by atoms with E-state index >= 15 is 0 Å². The third kappa shape index (κ3) is 3.61. The number of fused-ring (bicyclic) bond motifs is 1. The average molecular weight is 417 g/mol. The number of nitrogens with one attached hydrogen (secondary N) is 1. The summed E-state index contributed by atoms with van der Waals surface area (Å²) in [5.74, 6) is -0.535. The SMILES string of the molecule is CN1CCN(c2ccc(-c3cc(-c4ccc5c(c4)CNC5=O)c(N)nc3F)cc2)CC1. The van der Waals surface area contributed by atoms with Gasteiger partial charge in [-0.1, -0.05) is 18.2 Å². The molecule has 1 aromatic heterocycles. The van der Waals surface area contributed by atoms with E-state index < -0.39 is 5.95 Å². The number of hydrogen-bond donors (Lipinski definition) is 2. The highest BCUT2D eigenvalue weighted by atomic mass is 19.1. The van der Waals surface area contributed by atoms with Crippen LogP contribution in [0.5, 0.6) is 0 Å². The Morgan fingerprint density at radius 1 is 0.935 bits per heavy atom. The molecular weight excluding hydrogens is 393 g/mol. The predicted molar refractivity (Wildman–Crippen MR) is 120 cm³/mol. The van der Waals surface area contributed by atoms with E-state index in [0.29, 0.717) is 23.2 Å². The Labute approximate surface area is 180 Å². The first kappa shape index (κ1) is 19.5. The highest BCUT2D eigenvalue weighted by Gasteiger charge is 2.21. The van der Waals surface area contributed by atoms with Gasteiger partial charge in [-0.25, -0.2) is 4.98 Å². The first-order valence-electron chi connectivity index (χ1n) is 10.4. The molecule has 0 bridgehead atoms. The molecule has 6 nitrogen and oxygen atoms in total. The molecule has 1 fully saturated rings. The van der Waals surface area contributed by atoms with E-state index in [1.54, 1.807) is 12.1 Å². The molecule has 1 saturated heterocycles. The van der Waals surface area contributed by atoms with Gasteiger partial charge in [0.15, 0.2) is 0 Å². The summed E-state index contributed by atoms with van der Waals surface area (Å²) in [6, 6.07) is 15.2. The normalized spacial score (nSPS) is 16.3. The maximum atomic E-state index is 14.7. The minimum absolute atomic E-state index is 0.0760. The van der Waals surface area contributed by atoms with Gasteiger partial charge < -0.3 is 20.9 Å². The van der Waals surface area contributed by atoms with Gasteiger partial charge in [-0.2, -0.15) is 4.39 Å². The molecule has 3 heterocycles.